The number of piperazine rings is 1. The molecule has 1 aromatic carbocycles. The Morgan fingerprint density at radius 2 is 2.10 bits per heavy atom. The summed E-state index contributed by atoms with van der Waals surface area (Å²) in [5.41, 5.74) is 0.661. The number of amides is 1. The van der Waals surface area contributed by atoms with E-state index >= 15 is 0 Å². The van der Waals surface area contributed by atoms with Crippen LogP contribution in [0.3, 0.4) is 0 Å². The molecule has 1 amide bonds. The predicted molar refractivity (Wildman–Crippen MR) is 74.0 cm³/mol. The first-order valence-corrected chi connectivity index (χ1v) is 7.02. The highest BCUT2D eigenvalue weighted by molar-refractivity contribution is 6.31. The maximum atomic E-state index is 12.8. The lowest BCUT2D eigenvalue weighted by Crippen LogP contribution is -2.52. The van der Waals surface area contributed by atoms with E-state index < -0.39 is 24.0 Å². The van der Waals surface area contributed by atoms with Crippen molar-refractivity contribution in [3.63, 3.8) is 0 Å². The lowest BCUT2D eigenvalue weighted by molar-refractivity contribution is -0.187. The first kappa shape index (κ1) is 16.1. The van der Waals surface area contributed by atoms with E-state index in [9.17, 15) is 18.0 Å². The minimum Gasteiger partial charge on any atom is -0.333 e. The maximum absolute atomic E-state index is 12.8. The third kappa shape index (κ3) is 3.49. The minimum absolute atomic E-state index is 0.231. The van der Waals surface area contributed by atoms with Crippen molar-refractivity contribution in [2.75, 3.05) is 19.6 Å². The van der Waals surface area contributed by atoms with E-state index in [1.165, 1.54) is 4.90 Å². The van der Waals surface area contributed by atoms with Crippen molar-refractivity contribution < 1.29 is 18.0 Å². The summed E-state index contributed by atoms with van der Waals surface area (Å²) in [5.74, 6) is -2.92. The van der Waals surface area contributed by atoms with Gasteiger partial charge in [-0.2, -0.15) is 13.2 Å². The van der Waals surface area contributed by atoms with E-state index in [0.717, 1.165) is 6.92 Å². The summed E-state index contributed by atoms with van der Waals surface area (Å²) in [4.78, 5) is 13.4. The second-order valence-electron chi connectivity index (χ2n) is 5.04. The molecule has 1 aliphatic heterocycles. The van der Waals surface area contributed by atoms with Crippen molar-refractivity contribution >= 4 is 17.5 Å². The molecule has 21 heavy (non-hydrogen) atoms. The molecule has 3 nitrogen and oxygen atoms in total. The molecule has 116 valence electrons. The Morgan fingerprint density at radius 1 is 1.43 bits per heavy atom. The summed E-state index contributed by atoms with van der Waals surface area (Å²) < 4.78 is 38.3. The van der Waals surface area contributed by atoms with Crippen molar-refractivity contribution in [1.29, 1.82) is 0 Å². The van der Waals surface area contributed by atoms with Crippen LogP contribution in [-0.2, 0) is 4.79 Å². The molecule has 1 fully saturated rings. The highest BCUT2D eigenvalue weighted by Gasteiger charge is 2.45. The first-order valence-electron chi connectivity index (χ1n) is 6.64. The summed E-state index contributed by atoms with van der Waals surface area (Å²) in [6.07, 6.45) is -4.53. The number of nitrogens with zero attached hydrogens (tertiary/aromatic N) is 1. The van der Waals surface area contributed by atoms with Crippen LogP contribution in [0.1, 0.15) is 18.5 Å². The first-order chi connectivity index (χ1) is 9.82. The van der Waals surface area contributed by atoms with Crippen LogP contribution >= 0.6 is 11.6 Å². The van der Waals surface area contributed by atoms with Crippen LogP contribution in [0.15, 0.2) is 24.3 Å². The molecule has 1 saturated heterocycles. The van der Waals surface area contributed by atoms with Gasteiger partial charge in [0.25, 0.3) is 0 Å². The van der Waals surface area contributed by atoms with Crippen LogP contribution in [-0.4, -0.2) is 36.6 Å². The standard InChI is InChI=1S/C14H16ClF3N2O/c1-9(14(16,17)18)13(21)20-7-6-19-8-12(20)10-4-2-3-5-11(10)15/h2-5,9,12,19H,6-8H2,1H3. The number of hydrogen-bond acceptors (Lipinski definition) is 2. The number of hydrogen-bond donors (Lipinski definition) is 1. The van der Waals surface area contributed by atoms with Gasteiger partial charge in [-0.15, -0.1) is 0 Å². The number of carbonyl (C=O) groups is 1. The Hall–Kier alpha value is -1.27. The number of benzene rings is 1. The molecule has 2 rings (SSSR count). The highest BCUT2D eigenvalue weighted by atomic mass is 35.5. The van der Waals surface area contributed by atoms with E-state index in [4.69, 9.17) is 11.6 Å². The van der Waals surface area contributed by atoms with Gasteiger partial charge in [-0.1, -0.05) is 29.8 Å². The lowest BCUT2D eigenvalue weighted by atomic mass is 10.0. The predicted octanol–water partition coefficient (Wildman–Crippen LogP) is 3.01. The Kier molecular flexibility index (Phi) is 4.78. The van der Waals surface area contributed by atoms with Crippen LogP contribution in [0, 0.1) is 5.92 Å². The summed E-state index contributed by atoms with van der Waals surface area (Å²) in [6.45, 7) is 1.99. The van der Waals surface area contributed by atoms with E-state index in [0.29, 0.717) is 23.7 Å². The molecular formula is C14H16ClF3N2O. The van der Waals surface area contributed by atoms with Crippen molar-refractivity contribution in [2.45, 2.75) is 19.1 Å². The molecule has 1 aliphatic rings. The summed E-state index contributed by atoms with van der Waals surface area (Å²) in [7, 11) is 0. The monoisotopic (exact) mass is 320 g/mol. The second kappa shape index (κ2) is 6.23. The quantitative estimate of drug-likeness (QED) is 0.908. The van der Waals surface area contributed by atoms with Gasteiger partial charge in [-0.25, -0.2) is 0 Å². The van der Waals surface area contributed by atoms with Crippen LogP contribution in [0.5, 0.6) is 0 Å². The molecule has 0 bridgehead atoms. The van der Waals surface area contributed by atoms with Crippen LogP contribution in [0.25, 0.3) is 0 Å². The molecule has 2 unspecified atom stereocenters. The lowest BCUT2D eigenvalue weighted by Gasteiger charge is -2.38. The molecule has 7 heteroatoms. The summed E-state index contributed by atoms with van der Waals surface area (Å²) in [5, 5.41) is 3.54. The van der Waals surface area contributed by atoms with Gasteiger partial charge in [-0.05, 0) is 18.6 Å². The summed E-state index contributed by atoms with van der Waals surface area (Å²) >= 11 is 6.11. The molecule has 0 saturated carbocycles. The highest BCUT2D eigenvalue weighted by Crippen LogP contribution is 2.33. The molecule has 1 aromatic rings. The third-order valence-electron chi connectivity index (χ3n) is 3.65. The Balaban J connectivity index is 2.28. The van der Waals surface area contributed by atoms with E-state index in [-0.39, 0.29) is 6.54 Å². The Labute approximate surface area is 126 Å². The molecule has 0 spiro atoms. The fourth-order valence-electron chi connectivity index (χ4n) is 2.38. The van der Waals surface area contributed by atoms with Gasteiger partial charge >= 0.3 is 6.18 Å². The molecule has 0 aliphatic carbocycles. The van der Waals surface area contributed by atoms with Gasteiger partial charge in [0, 0.05) is 24.7 Å². The number of nitrogens with one attached hydrogen (secondary N) is 1. The second-order valence-corrected chi connectivity index (χ2v) is 5.44. The van der Waals surface area contributed by atoms with Crippen molar-refractivity contribution in [3.05, 3.63) is 34.9 Å². The molecule has 1 heterocycles. The zero-order chi connectivity index (χ0) is 15.6. The smallest absolute Gasteiger partial charge is 0.333 e. The van der Waals surface area contributed by atoms with Crippen molar-refractivity contribution in [2.24, 2.45) is 5.92 Å². The molecule has 0 aromatic heterocycles. The average Bonchev–Trinajstić information content (AvgIpc) is 2.45. The average molecular weight is 321 g/mol. The normalized spacial score (nSPS) is 21.2. The van der Waals surface area contributed by atoms with E-state index in [1.54, 1.807) is 24.3 Å². The van der Waals surface area contributed by atoms with Crippen LogP contribution < -0.4 is 5.32 Å². The maximum Gasteiger partial charge on any atom is 0.400 e. The van der Waals surface area contributed by atoms with Crippen LogP contribution in [0.2, 0.25) is 5.02 Å². The van der Waals surface area contributed by atoms with Gasteiger partial charge in [-0.3, -0.25) is 4.79 Å². The zero-order valence-electron chi connectivity index (χ0n) is 11.5. The molecule has 1 N–H and O–H groups in total. The van der Waals surface area contributed by atoms with Gasteiger partial charge in [0.15, 0.2) is 0 Å². The molecule has 0 radical (unpaired) electrons. The van der Waals surface area contributed by atoms with Gasteiger partial charge in [0.05, 0.1) is 6.04 Å². The minimum atomic E-state index is -4.53. The number of rotatable bonds is 2. The van der Waals surface area contributed by atoms with Gasteiger partial charge in [0.2, 0.25) is 5.91 Å². The number of alkyl halides is 3. The topological polar surface area (TPSA) is 32.3 Å². The fourth-order valence-corrected chi connectivity index (χ4v) is 2.64. The van der Waals surface area contributed by atoms with Gasteiger partial charge < -0.3 is 10.2 Å². The van der Waals surface area contributed by atoms with E-state index in [1.807, 2.05) is 0 Å². The van der Waals surface area contributed by atoms with Crippen molar-refractivity contribution in [3.8, 4) is 0 Å². The number of carbonyl (C=O) groups excluding carboxylic acids is 1. The third-order valence-corrected chi connectivity index (χ3v) is 4.00. The largest absolute Gasteiger partial charge is 0.400 e. The molecular weight excluding hydrogens is 305 g/mol. The Morgan fingerprint density at radius 3 is 2.71 bits per heavy atom. The summed E-state index contributed by atoms with van der Waals surface area (Å²) in [6, 6.07) is 6.42. The number of halogens is 4. The SMILES string of the molecule is CC(C(=O)N1CCNCC1c1ccccc1Cl)C(F)(F)F. The zero-order valence-corrected chi connectivity index (χ0v) is 12.2. The molecule has 2 atom stereocenters. The van der Waals surface area contributed by atoms with E-state index in [2.05, 4.69) is 5.32 Å². The fraction of sp³-hybridized carbons (Fsp3) is 0.500. The van der Waals surface area contributed by atoms with Crippen molar-refractivity contribution in [1.82, 2.24) is 10.2 Å². The van der Waals surface area contributed by atoms with Crippen LogP contribution in [0.4, 0.5) is 13.2 Å². The van der Waals surface area contributed by atoms with Gasteiger partial charge in [0.1, 0.15) is 5.92 Å². The Bertz CT molecular complexity index is 521.